The first-order chi connectivity index (χ1) is 12.3. The maximum Gasteiger partial charge on any atom is 0.253 e. The summed E-state index contributed by atoms with van der Waals surface area (Å²) in [6.45, 7) is 9.47. The SMILES string of the molecule is C=CCN(CCC)CCCNC(=O)c1cccnc1-c1ccccn1. The van der Waals surface area contributed by atoms with Gasteiger partial charge in [-0.2, -0.15) is 0 Å². The fourth-order valence-electron chi connectivity index (χ4n) is 2.69. The Morgan fingerprint density at radius 3 is 2.76 bits per heavy atom. The Bertz CT molecular complexity index is 672. The topological polar surface area (TPSA) is 58.1 Å². The van der Waals surface area contributed by atoms with E-state index in [4.69, 9.17) is 0 Å². The lowest BCUT2D eigenvalue weighted by atomic mass is 10.1. The molecule has 0 unspecified atom stereocenters. The van der Waals surface area contributed by atoms with Crippen LogP contribution in [0.25, 0.3) is 11.4 Å². The summed E-state index contributed by atoms with van der Waals surface area (Å²) in [5.74, 6) is -0.112. The molecule has 0 saturated heterocycles. The number of rotatable bonds is 10. The van der Waals surface area contributed by atoms with Gasteiger partial charge in [-0.05, 0) is 43.7 Å². The molecule has 1 N–H and O–H groups in total. The Balaban J connectivity index is 1.92. The standard InChI is InChI=1S/C20H26N4O/c1-3-14-24(15-4-2)16-8-13-23-20(25)17-9-7-12-22-19(17)18-10-5-6-11-21-18/h3,5-7,9-12H,1,4,8,13-16H2,2H3,(H,23,25). The van der Waals surface area contributed by atoms with E-state index in [9.17, 15) is 4.79 Å². The summed E-state index contributed by atoms with van der Waals surface area (Å²) in [5, 5.41) is 2.99. The molecule has 0 aliphatic rings. The third-order valence-electron chi connectivity index (χ3n) is 3.82. The molecule has 2 heterocycles. The normalized spacial score (nSPS) is 10.6. The summed E-state index contributed by atoms with van der Waals surface area (Å²) in [6.07, 6.45) is 7.32. The van der Waals surface area contributed by atoms with Gasteiger partial charge in [0.25, 0.3) is 5.91 Å². The lowest BCUT2D eigenvalue weighted by molar-refractivity contribution is 0.0952. The van der Waals surface area contributed by atoms with Gasteiger partial charge in [0.1, 0.15) is 5.69 Å². The van der Waals surface area contributed by atoms with Gasteiger partial charge < -0.3 is 5.32 Å². The third kappa shape index (κ3) is 5.80. The predicted octanol–water partition coefficient (Wildman–Crippen LogP) is 3.16. The van der Waals surface area contributed by atoms with E-state index in [-0.39, 0.29) is 5.91 Å². The van der Waals surface area contributed by atoms with Crippen molar-refractivity contribution in [2.24, 2.45) is 0 Å². The van der Waals surface area contributed by atoms with E-state index in [1.54, 1.807) is 24.5 Å². The van der Waals surface area contributed by atoms with Crippen LogP contribution in [0.1, 0.15) is 30.1 Å². The van der Waals surface area contributed by atoms with E-state index in [1.807, 2.05) is 24.3 Å². The van der Waals surface area contributed by atoms with Crippen LogP contribution in [0.5, 0.6) is 0 Å². The number of aromatic nitrogens is 2. The lowest BCUT2D eigenvalue weighted by Gasteiger charge is -2.19. The molecule has 132 valence electrons. The minimum atomic E-state index is -0.112. The highest BCUT2D eigenvalue weighted by Gasteiger charge is 2.14. The molecule has 5 heteroatoms. The van der Waals surface area contributed by atoms with Crippen LogP contribution in [0.2, 0.25) is 0 Å². The summed E-state index contributed by atoms with van der Waals surface area (Å²) >= 11 is 0. The van der Waals surface area contributed by atoms with Gasteiger partial charge in [-0.25, -0.2) is 0 Å². The molecule has 0 saturated carbocycles. The Morgan fingerprint density at radius 1 is 1.20 bits per heavy atom. The monoisotopic (exact) mass is 338 g/mol. The van der Waals surface area contributed by atoms with Gasteiger partial charge in [0.05, 0.1) is 11.3 Å². The fourth-order valence-corrected chi connectivity index (χ4v) is 2.69. The smallest absolute Gasteiger partial charge is 0.253 e. The maximum absolute atomic E-state index is 12.5. The van der Waals surface area contributed by atoms with Crippen LogP contribution in [0.3, 0.4) is 0 Å². The zero-order valence-corrected chi connectivity index (χ0v) is 14.8. The quantitative estimate of drug-likeness (QED) is 0.534. The van der Waals surface area contributed by atoms with Gasteiger partial charge in [0.2, 0.25) is 0 Å². The van der Waals surface area contributed by atoms with Gasteiger partial charge in [-0.3, -0.25) is 19.7 Å². The third-order valence-corrected chi connectivity index (χ3v) is 3.82. The highest BCUT2D eigenvalue weighted by atomic mass is 16.1. The van der Waals surface area contributed by atoms with Gasteiger partial charge in [0.15, 0.2) is 0 Å². The molecule has 0 aliphatic carbocycles. The lowest BCUT2D eigenvalue weighted by Crippen LogP contribution is -2.31. The Labute approximate surface area is 149 Å². The van der Waals surface area contributed by atoms with E-state index in [0.29, 0.717) is 23.5 Å². The largest absolute Gasteiger partial charge is 0.352 e. The number of hydrogen-bond acceptors (Lipinski definition) is 4. The van der Waals surface area contributed by atoms with Crippen LogP contribution in [0.4, 0.5) is 0 Å². The summed E-state index contributed by atoms with van der Waals surface area (Å²) in [4.78, 5) is 23.5. The zero-order chi connectivity index (χ0) is 17.9. The second-order valence-electron chi connectivity index (χ2n) is 5.81. The first-order valence-electron chi connectivity index (χ1n) is 8.74. The second-order valence-corrected chi connectivity index (χ2v) is 5.81. The molecule has 2 aromatic rings. The number of amides is 1. The van der Waals surface area contributed by atoms with Crippen molar-refractivity contribution in [3.05, 3.63) is 60.9 Å². The molecular weight excluding hydrogens is 312 g/mol. The van der Waals surface area contributed by atoms with Crippen molar-refractivity contribution in [2.45, 2.75) is 19.8 Å². The average molecular weight is 338 g/mol. The maximum atomic E-state index is 12.5. The van der Waals surface area contributed by atoms with Crippen molar-refractivity contribution >= 4 is 5.91 Å². The Kier molecular flexibility index (Phi) is 7.79. The molecule has 0 spiro atoms. The van der Waals surface area contributed by atoms with Crippen LogP contribution in [0, 0.1) is 0 Å². The van der Waals surface area contributed by atoms with Crippen LogP contribution in [-0.4, -0.2) is 47.0 Å². The highest BCUT2D eigenvalue weighted by molar-refractivity contribution is 5.99. The fraction of sp³-hybridized carbons (Fsp3) is 0.350. The predicted molar refractivity (Wildman–Crippen MR) is 101 cm³/mol. The summed E-state index contributed by atoms with van der Waals surface area (Å²) in [6, 6.07) is 9.15. The van der Waals surface area contributed by atoms with E-state index in [1.165, 1.54) is 0 Å². The second kappa shape index (κ2) is 10.4. The molecule has 2 aromatic heterocycles. The van der Waals surface area contributed by atoms with E-state index < -0.39 is 0 Å². The molecular formula is C20H26N4O. The average Bonchev–Trinajstić information content (AvgIpc) is 2.66. The first kappa shape index (κ1) is 18.8. The van der Waals surface area contributed by atoms with Crippen LogP contribution >= 0.6 is 0 Å². The summed E-state index contributed by atoms with van der Waals surface area (Å²) < 4.78 is 0. The number of pyridine rings is 2. The molecule has 25 heavy (non-hydrogen) atoms. The summed E-state index contributed by atoms with van der Waals surface area (Å²) in [5.41, 5.74) is 1.87. The molecule has 0 radical (unpaired) electrons. The molecule has 0 fully saturated rings. The van der Waals surface area contributed by atoms with Crippen LogP contribution < -0.4 is 5.32 Å². The first-order valence-corrected chi connectivity index (χ1v) is 8.74. The van der Waals surface area contributed by atoms with Crippen molar-refractivity contribution < 1.29 is 4.79 Å². The Morgan fingerprint density at radius 2 is 2.04 bits per heavy atom. The van der Waals surface area contributed by atoms with E-state index in [2.05, 4.69) is 33.7 Å². The molecule has 0 bridgehead atoms. The van der Waals surface area contributed by atoms with Crippen molar-refractivity contribution in [3.63, 3.8) is 0 Å². The number of carbonyl (C=O) groups excluding carboxylic acids is 1. The van der Waals surface area contributed by atoms with Crippen LogP contribution in [0.15, 0.2) is 55.4 Å². The minimum absolute atomic E-state index is 0.112. The van der Waals surface area contributed by atoms with Crippen molar-refractivity contribution in [2.75, 3.05) is 26.2 Å². The highest BCUT2D eigenvalue weighted by Crippen LogP contribution is 2.18. The number of hydrogen-bond donors (Lipinski definition) is 1. The minimum Gasteiger partial charge on any atom is -0.352 e. The van der Waals surface area contributed by atoms with Crippen molar-refractivity contribution in [1.82, 2.24) is 20.2 Å². The molecule has 5 nitrogen and oxygen atoms in total. The molecule has 0 atom stereocenters. The molecule has 2 rings (SSSR count). The number of carbonyl (C=O) groups is 1. The Hall–Kier alpha value is -2.53. The molecule has 0 aromatic carbocycles. The zero-order valence-electron chi connectivity index (χ0n) is 14.8. The van der Waals surface area contributed by atoms with Gasteiger partial charge in [0, 0.05) is 32.0 Å². The number of nitrogens with one attached hydrogen (secondary N) is 1. The number of nitrogens with zero attached hydrogens (tertiary/aromatic N) is 3. The molecule has 1 amide bonds. The van der Waals surface area contributed by atoms with Crippen LogP contribution in [-0.2, 0) is 0 Å². The van der Waals surface area contributed by atoms with Gasteiger partial charge in [-0.1, -0.05) is 19.1 Å². The van der Waals surface area contributed by atoms with Gasteiger partial charge >= 0.3 is 0 Å². The molecule has 0 aliphatic heterocycles. The van der Waals surface area contributed by atoms with Crippen molar-refractivity contribution in [3.8, 4) is 11.4 Å². The van der Waals surface area contributed by atoms with Crippen molar-refractivity contribution in [1.29, 1.82) is 0 Å². The summed E-state index contributed by atoms with van der Waals surface area (Å²) in [7, 11) is 0. The van der Waals surface area contributed by atoms with Gasteiger partial charge in [-0.15, -0.1) is 6.58 Å². The van der Waals surface area contributed by atoms with E-state index in [0.717, 1.165) is 32.5 Å². The van der Waals surface area contributed by atoms with E-state index >= 15 is 0 Å².